The molecule has 0 bridgehead atoms. The summed E-state index contributed by atoms with van der Waals surface area (Å²) < 4.78 is 6.93. The molecule has 1 heterocycles. The highest BCUT2D eigenvalue weighted by Crippen LogP contribution is 2.28. The van der Waals surface area contributed by atoms with Crippen LogP contribution in [0.5, 0.6) is 0 Å². The van der Waals surface area contributed by atoms with Gasteiger partial charge in [0.05, 0.1) is 6.04 Å². The van der Waals surface area contributed by atoms with Crippen LogP contribution in [0.1, 0.15) is 17.4 Å². The van der Waals surface area contributed by atoms with Gasteiger partial charge in [-0.3, -0.25) is 0 Å². The van der Waals surface area contributed by atoms with Gasteiger partial charge in [-0.25, -0.2) is 0 Å². The molecule has 3 rings (SSSR count). The van der Waals surface area contributed by atoms with Crippen LogP contribution in [0, 0.1) is 6.92 Å². The summed E-state index contributed by atoms with van der Waals surface area (Å²) in [5.74, 6) is 1.64. The molecular formula is C17H16BrNOS. The Labute approximate surface area is 136 Å². The van der Waals surface area contributed by atoms with E-state index < -0.39 is 0 Å². The molecule has 1 aromatic heterocycles. The summed E-state index contributed by atoms with van der Waals surface area (Å²) >= 11 is 5.18. The first-order chi connectivity index (χ1) is 10.1. The number of halogens is 1. The van der Waals surface area contributed by atoms with Crippen molar-refractivity contribution in [3.8, 4) is 0 Å². The van der Waals surface area contributed by atoms with E-state index in [9.17, 15) is 0 Å². The maximum Gasteiger partial charge on any atom is 0.134 e. The Morgan fingerprint density at radius 2 is 1.90 bits per heavy atom. The first-order valence-corrected chi connectivity index (χ1v) is 8.54. The normalized spacial score (nSPS) is 12.7. The van der Waals surface area contributed by atoms with Gasteiger partial charge < -0.3 is 10.2 Å². The second-order valence-corrected chi connectivity index (χ2v) is 7.07. The molecule has 1 atom stereocenters. The van der Waals surface area contributed by atoms with Crippen molar-refractivity contribution < 1.29 is 4.42 Å². The quantitative estimate of drug-likeness (QED) is 0.641. The molecule has 21 heavy (non-hydrogen) atoms. The molecule has 4 heteroatoms. The van der Waals surface area contributed by atoms with Crippen molar-refractivity contribution in [2.45, 2.75) is 17.9 Å². The van der Waals surface area contributed by atoms with E-state index in [0.29, 0.717) is 0 Å². The van der Waals surface area contributed by atoms with Crippen LogP contribution < -0.4 is 5.73 Å². The number of nitrogens with two attached hydrogens (primary N) is 1. The van der Waals surface area contributed by atoms with Crippen LogP contribution in [0.15, 0.2) is 62.3 Å². The van der Waals surface area contributed by atoms with Gasteiger partial charge in [-0.15, -0.1) is 11.8 Å². The smallest absolute Gasteiger partial charge is 0.134 e. The zero-order chi connectivity index (χ0) is 14.8. The molecule has 0 radical (unpaired) electrons. The van der Waals surface area contributed by atoms with Crippen molar-refractivity contribution >= 4 is 38.7 Å². The number of rotatable bonds is 4. The van der Waals surface area contributed by atoms with E-state index in [2.05, 4.69) is 53.2 Å². The van der Waals surface area contributed by atoms with E-state index in [1.165, 1.54) is 10.5 Å². The fourth-order valence-corrected chi connectivity index (χ4v) is 3.29. The first kappa shape index (κ1) is 14.7. The maximum atomic E-state index is 6.25. The van der Waals surface area contributed by atoms with Crippen LogP contribution in [0.3, 0.4) is 0 Å². The third-order valence-corrected chi connectivity index (χ3v) is 4.96. The van der Waals surface area contributed by atoms with E-state index in [0.717, 1.165) is 27.0 Å². The van der Waals surface area contributed by atoms with Gasteiger partial charge in [-0.1, -0.05) is 27.6 Å². The lowest BCUT2D eigenvalue weighted by Crippen LogP contribution is -2.11. The van der Waals surface area contributed by atoms with Gasteiger partial charge >= 0.3 is 0 Å². The summed E-state index contributed by atoms with van der Waals surface area (Å²) in [6.45, 7) is 2.08. The van der Waals surface area contributed by atoms with Crippen LogP contribution in [-0.2, 0) is 0 Å². The molecule has 0 saturated carbocycles. The van der Waals surface area contributed by atoms with E-state index in [1.807, 2.05) is 18.2 Å². The lowest BCUT2D eigenvalue weighted by molar-refractivity contribution is 0.516. The van der Waals surface area contributed by atoms with Crippen LogP contribution in [0.4, 0.5) is 0 Å². The Kier molecular flexibility index (Phi) is 4.38. The van der Waals surface area contributed by atoms with E-state index in [-0.39, 0.29) is 6.04 Å². The van der Waals surface area contributed by atoms with Gasteiger partial charge in [0.1, 0.15) is 11.3 Å². The third-order valence-electron chi connectivity index (χ3n) is 3.30. The third kappa shape index (κ3) is 3.51. The Morgan fingerprint density at radius 3 is 2.67 bits per heavy atom. The predicted molar refractivity (Wildman–Crippen MR) is 92.7 cm³/mol. The lowest BCUT2D eigenvalue weighted by Gasteiger charge is -2.08. The molecule has 0 spiro atoms. The number of aryl methyl sites for hydroxylation is 1. The van der Waals surface area contributed by atoms with Crippen LogP contribution >= 0.6 is 27.7 Å². The van der Waals surface area contributed by atoms with Crippen molar-refractivity contribution in [2.75, 3.05) is 5.75 Å². The number of benzene rings is 2. The zero-order valence-electron chi connectivity index (χ0n) is 11.7. The van der Waals surface area contributed by atoms with Gasteiger partial charge in [0.15, 0.2) is 0 Å². The summed E-state index contributed by atoms with van der Waals surface area (Å²) in [5, 5.41) is 1.12. The van der Waals surface area contributed by atoms with Crippen molar-refractivity contribution in [2.24, 2.45) is 5.73 Å². The standard InChI is InChI=1S/C17H16BrNOS/c1-11-2-7-16-12(8-11)9-17(20-16)15(19)10-21-14-5-3-13(18)4-6-14/h2-9,15H,10,19H2,1H3. The van der Waals surface area contributed by atoms with Gasteiger partial charge in [-0.05, 0) is 49.4 Å². The Hall–Kier alpha value is -1.23. The van der Waals surface area contributed by atoms with Gasteiger partial charge in [-0.2, -0.15) is 0 Å². The molecular weight excluding hydrogens is 346 g/mol. The second kappa shape index (κ2) is 6.26. The highest BCUT2D eigenvalue weighted by atomic mass is 79.9. The first-order valence-electron chi connectivity index (χ1n) is 6.76. The molecule has 0 aliphatic rings. The van der Waals surface area contributed by atoms with Crippen molar-refractivity contribution in [1.82, 2.24) is 0 Å². The predicted octanol–water partition coefficient (Wildman–Crippen LogP) is 5.30. The largest absolute Gasteiger partial charge is 0.459 e. The van der Waals surface area contributed by atoms with Gasteiger partial charge in [0.25, 0.3) is 0 Å². The Balaban J connectivity index is 1.71. The highest BCUT2D eigenvalue weighted by Gasteiger charge is 2.12. The minimum atomic E-state index is -0.105. The minimum absolute atomic E-state index is 0.105. The molecule has 2 N–H and O–H groups in total. The fourth-order valence-electron chi connectivity index (χ4n) is 2.17. The number of fused-ring (bicyclic) bond motifs is 1. The van der Waals surface area contributed by atoms with E-state index in [1.54, 1.807) is 11.8 Å². The van der Waals surface area contributed by atoms with Crippen molar-refractivity contribution in [1.29, 1.82) is 0 Å². The van der Waals surface area contributed by atoms with E-state index >= 15 is 0 Å². The van der Waals surface area contributed by atoms with Gasteiger partial charge in [0.2, 0.25) is 0 Å². The van der Waals surface area contributed by atoms with E-state index in [4.69, 9.17) is 10.2 Å². The Bertz CT molecular complexity index is 751. The summed E-state index contributed by atoms with van der Waals surface area (Å²) in [4.78, 5) is 1.21. The molecule has 0 aliphatic carbocycles. The monoisotopic (exact) mass is 361 g/mol. The summed E-state index contributed by atoms with van der Waals surface area (Å²) in [7, 11) is 0. The van der Waals surface area contributed by atoms with Crippen LogP contribution in [0.2, 0.25) is 0 Å². The summed E-state index contributed by atoms with van der Waals surface area (Å²) in [6, 6.07) is 16.4. The number of hydrogen-bond donors (Lipinski definition) is 1. The molecule has 0 aliphatic heterocycles. The topological polar surface area (TPSA) is 39.2 Å². The molecule has 2 aromatic carbocycles. The molecule has 0 fully saturated rings. The average molecular weight is 362 g/mol. The number of thioether (sulfide) groups is 1. The summed E-state index contributed by atoms with van der Waals surface area (Å²) in [6.07, 6.45) is 0. The zero-order valence-corrected chi connectivity index (χ0v) is 14.1. The second-order valence-electron chi connectivity index (χ2n) is 5.06. The van der Waals surface area contributed by atoms with Crippen molar-refractivity contribution in [3.63, 3.8) is 0 Å². The van der Waals surface area contributed by atoms with Crippen LogP contribution in [0.25, 0.3) is 11.0 Å². The molecule has 0 saturated heterocycles. The fraction of sp³-hybridized carbons (Fsp3) is 0.176. The minimum Gasteiger partial charge on any atom is -0.459 e. The molecule has 108 valence electrons. The van der Waals surface area contributed by atoms with Crippen LogP contribution in [-0.4, -0.2) is 5.75 Å². The SMILES string of the molecule is Cc1ccc2oc(C(N)CSc3ccc(Br)cc3)cc2c1. The van der Waals surface area contributed by atoms with Gasteiger partial charge in [0, 0.05) is 20.5 Å². The molecule has 1 unspecified atom stereocenters. The number of hydrogen-bond acceptors (Lipinski definition) is 3. The highest BCUT2D eigenvalue weighted by molar-refractivity contribution is 9.10. The molecule has 2 nitrogen and oxygen atoms in total. The van der Waals surface area contributed by atoms with Crippen molar-refractivity contribution in [3.05, 3.63) is 64.3 Å². The molecule has 0 amide bonds. The average Bonchev–Trinajstić information content (AvgIpc) is 2.89. The lowest BCUT2D eigenvalue weighted by atomic mass is 10.2. The summed E-state index contributed by atoms with van der Waals surface area (Å²) in [5.41, 5.74) is 8.38. The molecule has 3 aromatic rings. The Morgan fingerprint density at radius 1 is 1.14 bits per heavy atom. The maximum absolute atomic E-state index is 6.25. The number of furan rings is 1.